The van der Waals surface area contributed by atoms with E-state index in [9.17, 15) is 4.79 Å². The number of carbonyl (C=O) groups excluding carboxylic acids is 1. The first kappa shape index (κ1) is 17.0. The van der Waals surface area contributed by atoms with Crippen LogP contribution in [0.2, 0.25) is 0 Å². The molecule has 128 valence electrons. The van der Waals surface area contributed by atoms with Crippen LogP contribution in [0, 0.1) is 6.92 Å². The molecule has 0 spiro atoms. The zero-order valence-corrected chi connectivity index (χ0v) is 14.4. The molecule has 0 saturated heterocycles. The second-order valence-electron chi connectivity index (χ2n) is 6.07. The van der Waals surface area contributed by atoms with Crippen LogP contribution in [0.4, 0.5) is 0 Å². The Labute approximate surface area is 147 Å². The molecule has 0 aliphatic rings. The fraction of sp³-hybridized carbons (Fsp3) is 0.238. The highest BCUT2D eigenvalue weighted by Crippen LogP contribution is 2.21. The van der Waals surface area contributed by atoms with Gasteiger partial charge in [-0.1, -0.05) is 60.2 Å². The van der Waals surface area contributed by atoms with Crippen LogP contribution in [0.25, 0.3) is 11.3 Å². The van der Waals surface area contributed by atoms with Crippen molar-refractivity contribution in [1.82, 2.24) is 10.3 Å². The molecule has 2 aromatic carbocycles. The number of benzene rings is 2. The molecule has 1 N–H and O–H groups in total. The zero-order valence-electron chi connectivity index (χ0n) is 14.4. The highest BCUT2D eigenvalue weighted by atomic mass is 16.4. The predicted octanol–water partition coefficient (Wildman–Crippen LogP) is 3.94. The van der Waals surface area contributed by atoms with E-state index in [0.717, 1.165) is 17.7 Å². The van der Waals surface area contributed by atoms with E-state index in [2.05, 4.69) is 22.4 Å². The molecule has 4 heteroatoms. The average Bonchev–Trinajstić information content (AvgIpc) is 3.10. The lowest BCUT2D eigenvalue weighted by atomic mass is 10.1. The Bertz CT molecular complexity index is 807. The summed E-state index contributed by atoms with van der Waals surface area (Å²) in [4.78, 5) is 16.2. The van der Waals surface area contributed by atoms with Crippen LogP contribution in [0.15, 0.2) is 65.2 Å². The van der Waals surface area contributed by atoms with Crippen molar-refractivity contribution >= 4 is 5.91 Å². The molecule has 1 heterocycles. The maximum atomic E-state index is 11.9. The Kier molecular flexibility index (Phi) is 5.62. The minimum absolute atomic E-state index is 0.0195. The molecule has 1 aromatic heterocycles. The van der Waals surface area contributed by atoms with Gasteiger partial charge in [0.2, 0.25) is 5.91 Å². The first-order valence-corrected chi connectivity index (χ1v) is 8.53. The fourth-order valence-electron chi connectivity index (χ4n) is 2.58. The molecule has 0 fully saturated rings. The summed E-state index contributed by atoms with van der Waals surface area (Å²) < 4.78 is 5.74. The number of hydrogen-bond acceptors (Lipinski definition) is 3. The van der Waals surface area contributed by atoms with E-state index in [0.29, 0.717) is 25.3 Å². The quantitative estimate of drug-likeness (QED) is 0.712. The van der Waals surface area contributed by atoms with Crippen LogP contribution in [-0.2, 0) is 17.6 Å². The van der Waals surface area contributed by atoms with Crippen molar-refractivity contribution in [2.75, 3.05) is 6.54 Å². The number of nitrogens with one attached hydrogen (secondary N) is 1. The van der Waals surface area contributed by atoms with Gasteiger partial charge < -0.3 is 9.73 Å². The molecular formula is C21H22N2O2. The van der Waals surface area contributed by atoms with Gasteiger partial charge >= 0.3 is 0 Å². The SMILES string of the molecule is Cc1ccc(-c2cnc(CCC(=O)NCCc3ccccc3)o2)cc1. The molecule has 0 unspecified atom stereocenters. The van der Waals surface area contributed by atoms with Crippen LogP contribution < -0.4 is 5.32 Å². The summed E-state index contributed by atoms with van der Waals surface area (Å²) in [5, 5.41) is 2.94. The van der Waals surface area contributed by atoms with E-state index < -0.39 is 0 Å². The van der Waals surface area contributed by atoms with Gasteiger partial charge in [-0.25, -0.2) is 4.98 Å². The van der Waals surface area contributed by atoms with Crippen LogP contribution in [0.3, 0.4) is 0 Å². The van der Waals surface area contributed by atoms with Gasteiger partial charge in [0.15, 0.2) is 11.7 Å². The number of oxazole rings is 1. The van der Waals surface area contributed by atoms with Crippen molar-refractivity contribution in [1.29, 1.82) is 0 Å². The van der Waals surface area contributed by atoms with Crippen molar-refractivity contribution in [3.05, 3.63) is 77.8 Å². The Morgan fingerprint density at radius 1 is 1.04 bits per heavy atom. The minimum Gasteiger partial charge on any atom is -0.441 e. The van der Waals surface area contributed by atoms with E-state index in [1.165, 1.54) is 11.1 Å². The van der Waals surface area contributed by atoms with Crippen molar-refractivity contribution in [2.45, 2.75) is 26.2 Å². The second kappa shape index (κ2) is 8.29. The summed E-state index contributed by atoms with van der Waals surface area (Å²) >= 11 is 0. The summed E-state index contributed by atoms with van der Waals surface area (Å²) in [5.74, 6) is 1.35. The van der Waals surface area contributed by atoms with Gasteiger partial charge in [0.25, 0.3) is 0 Å². The molecule has 0 aliphatic carbocycles. The van der Waals surface area contributed by atoms with Crippen LogP contribution >= 0.6 is 0 Å². The smallest absolute Gasteiger partial charge is 0.220 e. The maximum absolute atomic E-state index is 11.9. The first-order valence-electron chi connectivity index (χ1n) is 8.53. The molecule has 0 atom stereocenters. The largest absolute Gasteiger partial charge is 0.441 e. The van der Waals surface area contributed by atoms with E-state index >= 15 is 0 Å². The van der Waals surface area contributed by atoms with Gasteiger partial charge in [0.1, 0.15) is 0 Å². The van der Waals surface area contributed by atoms with E-state index in [1.54, 1.807) is 6.20 Å². The summed E-state index contributed by atoms with van der Waals surface area (Å²) in [6.07, 6.45) is 3.43. The highest BCUT2D eigenvalue weighted by molar-refractivity contribution is 5.76. The number of amides is 1. The third kappa shape index (κ3) is 5.05. The standard InChI is InChI=1S/C21H22N2O2/c1-16-7-9-18(10-8-16)19-15-23-21(25-19)12-11-20(24)22-14-13-17-5-3-2-4-6-17/h2-10,15H,11-14H2,1H3,(H,22,24). The van der Waals surface area contributed by atoms with Gasteiger partial charge in [-0.15, -0.1) is 0 Å². The lowest BCUT2D eigenvalue weighted by Crippen LogP contribution is -2.25. The summed E-state index contributed by atoms with van der Waals surface area (Å²) in [5.41, 5.74) is 3.42. The van der Waals surface area contributed by atoms with Gasteiger partial charge in [-0.2, -0.15) is 0 Å². The van der Waals surface area contributed by atoms with E-state index in [4.69, 9.17) is 4.42 Å². The number of rotatable bonds is 7. The normalized spacial score (nSPS) is 10.6. The van der Waals surface area contributed by atoms with Crippen molar-refractivity contribution < 1.29 is 9.21 Å². The number of aryl methyl sites for hydroxylation is 2. The molecule has 3 rings (SSSR count). The Balaban J connectivity index is 1.44. The molecule has 4 nitrogen and oxygen atoms in total. The van der Waals surface area contributed by atoms with Crippen molar-refractivity contribution in [2.24, 2.45) is 0 Å². The molecule has 0 bridgehead atoms. The maximum Gasteiger partial charge on any atom is 0.220 e. The van der Waals surface area contributed by atoms with E-state index in [-0.39, 0.29) is 5.91 Å². The monoisotopic (exact) mass is 334 g/mol. The number of nitrogens with zero attached hydrogens (tertiary/aromatic N) is 1. The molecule has 0 saturated carbocycles. The zero-order chi connectivity index (χ0) is 17.5. The third-order valence-electron chi connectivity index (χ3n) is 4.03. The molecule has 25 heavy (non-hydrogen) atoms. The Hall–Kier alpha value is -2.88. The topological polar surface area (TPSA) is 55.1 Å². The number of hydrogen-bond donors (Lipinski definition) is 1. The van der Waals surface area contributed by atoms with E-state index in [1.807, 2.05) is 49.4 Å². The number of carbonyl (C=O) groups is 1. The second-order valence-corrected chi connectivity index (χ2v) is 6.07. The van der Waals surface area contributed by atoms with Crippen LogP contribution in [0.5, 0.6) is 0 Å². The summed E-state index contributed by atoms with van der Waals surface area (Å²) in [6.45, 7) is 2.69. The molecular weight excluding hydrogens is 312 g/mol. The molecule has 3 aromatic rings. The molecule has 1 amide bonds. The van der Waals surface area contributed by atoms with Gasteiger partial charge in [-0.05, 0) is 18.9 Å². The number of aromatic nitrogens is 1. The lowest BCUT2D eigenvalue weighted by Gasteiger charge is -2.04. The van der Waals surface area contributed by atoms with Crippen molar-refractivity contribution in [3.8, 4) is 11.3 Å². The first-order chi connectivity index (χ1) is 12.2. The Morgan fingerprint density at radius 3 is 2.56 bits per heavy atom. The summed E-state index contributed by atoms with van der Waals surface area (Å²) in [7, 11) is 0. The van der Waals surface area contributed by atoms with Crippen molar-refractivity contribution in [3.63, 3.8) is 0 Å². The van der Waals surface area contributed by atoms with Gasteiger partial charge in [0, 0.05) is 24.9 Å². The minimum atomic E-state index is 0.0195. The molecule has 0 aliphatic heterocycles. The van der Waals surface area contributed by atoms with Gasteiger partial charge in [0.05, 0.1) is 6.20 Å². The van der Waals surface area contributed by atoms with Gasteiger partial charge in [-0.3, -0.25) is 4.79 Å². The summed E-state index contributed by atoms with van der Waals surface area (Å²) in [6, 6.07) is 18.2. The Morgan fingerprint density at radius 2 is 1.80 bits per heavy atom. The third-order valence-corrected chi connectivity index (χ3v) is 4.03. The average molecular weight is 334 g/mol. The molecule has 0 radical (unpaired) electrons. The van der Waals surface area contributed by atoms with Crippen LogP contribution in [-0.4, -0.2) is 17.4 Å². The highest BCUT2D eigenvalue weighted by Gasteiger charge is 2.09. The predicted molar refractivity (Wildman–Crippen MR) is 98.2 cm³/mol. The van der Waals surface area contributed by atoms with Crippen LogP contribution in [0.1, 0.15) is 23.4 Å². The fourth-order valence-corrected chi connectivity index (χ4v) is 2.58. The lowest BCUT2D eigenvalue weighted by molar-refractivity contribution is -0.121.